The van der Waals surface area contributed by atoms with E-state index in [4.69, 9.17) is 10.5 Å². The Morgan fingerprint density at radius 3 is 3.00 bits per heavy atom. The summed E-state index contributed by atoms with van der Waals surface area (Å²) in [6.45, 7) is 4.41. The second-order valence-electron chi connectivity index (χ2n) is 3.97. The van der Waals surface area contributed by atoms with E-state index in [9.17, 15) is 4.79 Å². The molecule has 7 nitrogen and oxygen atoms in total. The van der Waals surface area contributed by atoms with E-state index < -0.39 is 5.97 Å². The number of hydrogen-bond donors (Lipinski definition) is 1. The molecule has 2 aromatic rings. The van der Waals surface area contributed by atoms with Crippen molar-refractivity contribution >= 4 is 11.7 Å². The summed E-state index contributed by atoms with van der Waals surface area (Å²) < 4.78 is 6.86. The van der Waals surface area contributed by atoms with Crippen LogP contribution < -0.4 is 5.73 Å². The summed E-state index contributed by atoms with van der Waals surface area (Å²) >= 11 is 0. The van der Waals surface area contributed by atoms with Crippen LogP contribution in [0.2, 0.25) is 0 Å². The van der Waals surface area contributed by atoms with Crippen LogP contribution in [0.15, 0.2) is 18.6 Å². The standard InChI is InChI=1S/C12H15N5O2/c1-3-17-11(15-7-16-17)6-19-12(18)10-4-9(13)5-14-8(10)2/h4-5,7H,3,6,13H2,1-2H3. The maximum Gasteiger partial charge on any atom is 0.340 e. The van der Waals surface area contributed by atoms with Crippen LogP contribution in [0.4, 0.5) is 5.69 Å². The number of esters is 1. The zero-order valence-corrected chi connectivity index (χ0v) is 10.8. The fourth-order valence-corrected chi connectivity index (χ4v) is 1.63. The molecule has 2 rings (SSSR count). The van der Waals surface area contributed by atoms with E-state index >= 15 is 0 Å². The van der Waals surface area contributed by atoms with Gasteiger partial charge in [0.2, 0.25) is 0 Å². The van der Waals surface area contributed by atoms with Crippen molar-refractivity contribution in [2.45, 2.75) is 27.0 Å². The minimum atomic E-state index is -0.469. The van der Waals surface area contributed by atoms with Gasteiger partial charge in [-0.2, -0.15) is 5.10 Å². The Bertz CT molecular complexity index is 594. The first-order valence-electron chi connectivity index (χ1n) is 5.87. The van der Waals surface area contributed by atoms with E-state index in [0.29, 0.717) is 29.3 Å². The van der Waals surface area contributed by atoms with Crippen LogP contribution in [0.25, 0.3) is 0 Å². The summed E-state index contributed by atoms with van der Waals surface area (Å²) in [5, 5.41) is 4.00. The number of anilines is 1. The number of nitrogens with two attached hydrogens (primary N) is 1. The molecule has 0 saturated carbocycles. The minimum absolute atomic E-state index is 0.0703. The van der Waals surface area contributed by atoms with Gasteiger partial charge >= 0.3 is 5.97 Å². The molecule has 0 radical (unpaired) electrons. The van der Waals surface area contributed by atoms with Gasteiger partial charge in [-0.15, -0.1) is 0 Å². The molecule has 0 fully saturated rings. The molecule has 0 atom stereocenters. The topological polar surface area (TPSA) is 95.9 Å². The SMILES string of the molecule is CCn1ncnc1COC(=O)c1cc(N)cnc1C. The molecule has 100 valence electrons. The third-order valence-corrected chi connectivity index (χ3v) is 2.66. The minimum Gasteiger partial charge on any atom is -0.454 e. The molecule has 7 heteroatoms. The van der Waals surface area contributed by atoms with Crippen LogP contribution in [-0.4, -0.2) is 25.7 Å². The Labute approximate surface area is 110 Å². The highest BCUT2D eigenvalue weighted by Crippen LogP contribution is 2.11. The lowest BCUT2D eigenvalue weighted by atomic mass is 10.2. The highest BCUT2D eigenvalue weighted by molar-refractivity contribution is 5.91. The Balaban J connectivity index is 2.07. The van der Waals surface area contributed by atoms with Crippen molar-refractivity contribution in [1.82, 2.24) is 19.7 Å². The summed E-state index contributed by atoms with van der Waals surface area (Å²) in [5.41, 5.74) is 6.97. The van der Waals surface area contributed by atoms with E-state index in [1.54, 1.807) is 17.7 Å². The fourth-order valence-electron chi connectivity index (χ4n) is 1.63. The normalized spacial score (nSPS) is 10.4. The molecule has 2 N–H and O–H groups in total. The van der Waals surface area contributed by atoms with Gasteiger partial charge < -0.3 is 10.5 Å². The van der Waals surface area contributed by atoms with Crippen LogP contribution in [0.5, 0.6) is 0 Å². The molecule has 0 unspecified atom stereocenters. The fraction of sp³-hybridized carbons (Fsp3) is 0.333. The number of carbonyl (C=O) groups excluding carboxylic acids is 1. The van der Waals surface area contributed by atoms with E-state index in [-0.39, 0.29) is 6.61 Å². The first kappa shape index (κ1) is 13.0. The molecule has 19 heavy (non-hydrogen) atoms. The molecule has 0 aliphatic heterocycles. The lowest BCUT2D eigenvalue weighted by molar-refractivity contribution is 0.0455. The molecule has 0 aliphatic carbocycles. The molecule has 0 spiro atoms. The third kappa shape index (κ3) is 2.87. The van der Waals surface area contributed by atoms with E-state index in [0.717, 1.165) is 0 Å². The van der Waals surface area contributed by atoms with Gasteiger partial charge in [0.15, 0.2) is 12.4 Å². The molecular weight excluding hydrogens is 246 g/mol. The van der Waals surface area contributed by atoms with Crippen molar-refractivity contribution in [1.29, 1.82) is 0 Å². The van der Waals surface area contributed by atoms with Gasteiger partial charge in [0, 0.05) is 6.54 Å². The molecule has 2 aromatic heterocycles. The monoisotopic (exact) mass is 261 g/mol. The molecule has 0 saturated heterocycles. The van der Waals surface area contributed by atoms with Crippen LogP contribution >= 0.6 is 0 Å². The van der Waals surface area contributed by atoms with Gasteiger partial charge in [-0.1, -0.05) is 0 Å². The average Bonchev–Trinajstić information content (AvgIpc) is 2.86. The van der Waals surface area contributed by atoms with Gasteiger partial charge in [-0.3, -0.25) is 4.98 Å². The molecule has 2 heterocycles. The lowest BCUT2D eigenvalue weighted by Crippen LogP contribution is -2.12. The summed E-state index contributed by atoms with van der Waals surface area (Å²) in [6, 6.07) is 1.55. The highest BCUT2D eigenvalue weighted by Gasteiger charge is 2.13. The van der Waals surface area contributed by atoms with Crippen LogP contribution in [0.1, 0.15) is 28.8 Å². The Hall–Kier alpha value is -2.44. The zero-order valence-electron chi connectivity index (χ0n) is 10.8. The molecule has 0 aromatic carbocycles. The summed E-state index contributed by atoms with van der Waals surface area (Å²) in [7, 11) is 0. The molecular formula is C12H15N5O2. The lowest BCUT2D eigenvalue weighted by Gasteiger charge is -2.07. The van der Waals surface area contributed by atoms with Crippen molar-refractivity contribution in [3.63, 3.8) is 0 Å². The average molecular weight is 261 g/mol. The van der Waals surface area contributed by atoms with Gasteiger partial charge in [-0.05, 0) is 19.9 Å². The number of aromatic nitrogens is 4. The molecule has 0 bridgehead atoms. The predicted molar refractivity (Wildman–Crippen MR) is 68.2 cm³/mol. The zero-order chi connectivity index (χ0) is 13.8. The predicted octanol–water partition coefficient (Wildman–Crippen LogP) is 0.941. The number of rotatable bonds is 4. The number of aryl methyl sites for hydroxylation is 2. The summed E-state index contributed by atoms with van der Waals surface area (Å²) in [5.74, 6) is 0.133. The van der Waals surface area contributed by atoms with Crippen molar-refractivity contribution in [3.8, 4) is 0 Å². The quantitative estimate of drug-likeness (QED) is 0.823. The third-order valence-electron chi connectivity index (χ3n) is 2.66. The smallest absolute Gasteiger partial charge is 0.340 e. The van der Waals surface area contributed by atoms with Crippen molar-refractivity contribution in [3.05, 3.63) is 35.7 Å². The van der Waals surface area contributed by atoms with E-state index in [1.165, 1.54) is 12.5 Å². The largest absolute Gasteiger partial charge is 0.454 e. The number of pyridine rings is 1. The van der Waals surface area contributed by atoms with Gasteiger partial charge in [0.05, 0.1) is 23.1 Å². The van der Waals surface area contributed by atoms with Crippen LogP contribution in [0.3, 0.4) is 0 Å². The highest BCUT2D eigenvalue weighted by atomic mass is 16.5. The van der Waals surface area contributed by atoms with Crippen molar-refractivity contribution < 1.29 is 9.53 Å². The summed E-state index contributed by atoms with van der Waals surface area (Å²) in [6.07, 6.45) is 2.93. The van der Waals surface area contributed by atoms with Crippen LogP contribution in [-0.2, 0) is 17.9 Å². The number of nitrogens with zero attached hydrogens (tertiary/aromatic N) is 4. The Morgan fingerprint density at radius 1 is 1.47 bits per heavy atom. The second-order valence-corrected chi connectivity index (χ2v) is 3.97. The maximum absolute atomic E-state index is 11.9. The number of carbonyl (C=O) groups is 1. The van der Waals surface area contributed by atoms with Crippen molar-refractivity contribution in [2.24, 2.45) is 0 Å². The second kappa shape index (κ2) is 5.47. The molecule has 0 amide bonds. The molecule has 0 aliphatic rings. The number of nitrogen functional groups attached to an aromatic ring is 1. The van der Waals surface area contributed by atoms with Gasteiger partial charge in [0.1, 0.15) is 6.33 Å². The first-order chi connectivity index (χ1) is 9.11. The number of hydrogen-bond acceptors (Lipinski definition) is 6. The summed E-state index contributed by atoms with van der Waals surface area (Å²) in [4.78, 5) is 20.0. The van der Waals surface area contributed by atoms with Gasteiger partial charge in [0.25, 0.3) is 0 Å². The van der Waals surface area contributed by atoms with Crippen molar-refractivity contribution in [2.75, 3.05) is 5.73 Å². The Kier molecular flexibility index (Phi) is 3.74. The Morgan fingerprint density at radius 2 is 2.26 bits per heavy atom. The van der Waals surface area contributed by atoms with Crippen LogP contribution in [0, 0.1) is 6.92 Å². The maximum atomic E-state index is 11.9. The van der Waals surface area contributed by atoms with Gasteiger partial charge in [-0.25, -0.2) is 14.5 Å². The first-order valence-corrected chi connectivity index (χ1v) is 5.87. The number of ether oxygens (including phenoxy) is 1. The van der Waals surface area contributed by atoms with E-state index in [2.05, 4.69) is 15.1 Å². The van der Waals surface area contributed by atoms with E-state index in [1.807, 2.05) is 6.92 Å².